The lowest BCUT2D eigenvalue weighted by atomic mass is 9.81. The van der Waals surface area contributed by atoms with Crippen LogP contribution in [0.15, 0.2) is 0 Å². The summed E-state index contributed by atoms with van der Waals surface area (Å²) in [5, 5.41) is 3.20. The first kappa shape index (κ1) is 22.5. The summed E-state index contributed by atoms with van der Waals surface area (Å²) in [6.07, 6.45) is 2.32. The quantitative estimate of drug-likeness (QED) is 0.429. The van der Waals surface area contributed by atoms with E-state index in [1.807, 2.05) is 0 Å². The SMILES string of the molecule is CC(C)(C)OC(=O)NCCOCCOCC(=O)ON1C(=O)C2C3CCC(C3)C2C1=O. The first-order valence-electron chi connectivity index (χ1n) is 10.4. The molecule has 2 saturated carbocycles. The molecule has 0 aromatic rings. The van der Waals surface area contributed by atoms with Crippen LogP contribution in [0.25, 0.3) is 0 Å². The van der Waals surface area contributed by atoms with Crippen LogP contribution in [0.3, 0.4) is 0 Å². The van der Waals surface area contributed by atoms with Gasteiger partial charge in [-0.2, -0.15) is 0 Å². The Balaban J connectivity index is 1.24. The zero-order valence-electron chi connectivity index (χ0n) is 17.7. The van der Waals surface area contributed by atoms with E-state index in [0.717, 1.165) is 19.3 Å². The number of fused-ring (bicyclic) bond motifs is 5. The summed E-state index contributed by atoms with van der Waals surface area (Å²) in [7, 11) is 0. The Morgan fingerprint density at radius 2 is 1.60 bits per heavy atom. The van der Waals surface area contributed by atoms with Gasteiger partial charge in [0.05, 0.1) is 31.7 Å². The molecule has 2 aliphatic carbocycles. The summed E-state index contributed by atoms with van der Waals surface area (Å²) < 4.78 is 15.5. The van der Waals surface area contributed by atoms with Crippen LogP contribution in [0.5, 0.6) is 0 Å². The van der Waals surface area contributed by atoms with Gasteiger partial charge in [0.2, 0.25) is 0 Å². The maximum Gasteiger partial charge on any atom is 0.407 e. The number of hydroxylamine groups is 2. The standard InChI is InChI=1S/C20H30N2O8/c1-20(2,3)29-19(26)21-6-7-27-8-9-28-11-14(23)30-22-17(24)15-12-4-5-13(10-12)16(15)18(22)25/h12-13,15-16H,4-11H2,1-3H3,(H,21,26). The Kier molecular flexibility index (Phi) is 6.97. The molecule has 30 heavy (non-hydrogen) atoms. The smallest absolute Gasteiger partial charge is 0.407 e. The van der Waals surface area contributed by atoms with E-state index in [9.17, 15) is 19.2 Å². The lowest BCUT2D eigenvalue weighted by Crippen LogP contribution is -2.36. The molecule has 4 unspecified atom stereocenters. The molecule has 1 aliphatic heterocycles. The minimum absolute atomic E-state index is 0.124. The van der Waals surface area contributed by atoms with Crippen LogP contribution in [-0.2, 0) is 33.4 Å². The van der Waals surface area contributed by atoms with Crippen molar-refractivity contribution in [2.24, 2.45) is 23.7 Å². The van der Waals surface area contributed by atoms with Gasteiger partial charge in [0, 0.05) is 6.54 Å². The lowest BCUT2D eigenvalue weighted by molar-refractivity contribution is -0.202. The molecule has 1 N–H and O–H groups in total. The molecule has 3 amide bonds. The Bertz CT molecular complexity index is 661. The number of imide groups is 1. The van der Waals surface area contributed by atoms with Crippen molar-refractivity contribution in [3.05, 3.63) is 0 Å². The van der Waals surface area contributed by atoms with Crippen LogP contribution < -0.4 is 5.32 Å². The number of amides is 3. The zero-order chi connectivity index (χ0) is 21.9. The molecule has 0 spiro atoms. The van der Waals surface area contributed by atoms with Crippen LogP contribution in [0, 0.1) is 23.7 Å². The molecule has 168 valence electrons. The van der Waals surface area contributed by atoms with Crippen molar-refractivity contribution in [1.82, 2.24) is 10.4 Å². The van der Waals surface area contributed by atoms with Crippen LogP contribution >= 0.6 is 0 Å². The highest BCUT2D eigenvalue weighted by atomic mass is 16.7. The molecule has 3 rings (SSSR count). The van der Waals surface area contributed by atoms with Crippen molar-refractivity contribution in [2.75, 3.05) is 33.0 Å². The number of carbonyl (C=O) groups excluding carboxylic acids is 4. The third-order valence-electron chi connectivity index (χ3n) is 5.59. The molecule has 4 atom stereocenters. The number of rotatable bonds is 9. The molecule has 0 aromatic carbocycles. The maximum atomic E-state index is 12.5. The van der Waals surface area contributed by atoms with E-state index in [-0.39, 0.29) is 50.0 Å². The zero-order valence-corrected chi connectivity index (χ0v) is 17.7. The van der Waals surface area contributed by atoms with E-state index in [4.69, 9.17) is 19.0 Å². The summed E-state index contributed by atoms with van der Waals surface area (Å²) in [4.78, 5) is 53.2. The van der Waals surface area contributed by atoms with E-state index in [2.05, 4.69) is 5.32 Å². The van der Waals surface area contributed by atoms with E-state index in [0.29, 0.717) is 5.06 Å². The summed E-state index contributed by atoms with van der Waals surface area (Å²) >= 11 is 0. The highest BCUT2D eigenvalue weighted by Crippen LogP contribution is 2.56. The number of alkyl carbamates (subject to hydrolysis) is 1. The second kappa shape index (κ2) is 9.30. The first-order valence-corrected chi connectivity index (χ1v) is 10.4. The van der Waals surface area contributed by atoms with Gasteiger partial charge in [-0.25, -0.2) is 9.59 Å². The van der Waals surface area contributed by atoms with Gasteiger partial charge in [-0.05, 0) is 51.9 Å². The Labute approximate surface area is 175 Å². The van der Waals surface area contributed by atoms with Crippen molar-refractivity contribution in [3.8, 4) is 0 Å². The summed E-state index contributed by atoms with van der Waals surface area (Å²) in [6, 6.07) is 0. The first-order chi connectivity index (χ1) is 14.2. The van der Waals surface area contributed by atoms with Crippen LogP contribution in [0.2, 0.25) is 0 Å². The Morgan fingerprint density at radius 3 is 2.20 bits per heavy atom. The molecule has 10 heteroatoms. The second-order valence-electron chi connectivity index (χ2n) is 8.91. The fourth-order valence-corrected chi connectivity index (χ4v) is 4.51. The van der Waals surface area contributed by atoms with Gasteiger partial charge >= 0.3 is 12.1 Å². The van der Waals surface area contributed by atoms with E-state index < -0.39 is 36.1 Å². The summed E-state index contributed by atoms with van der Waals surface area (Å²) in [5.41, 5.74) is -0.559. The number of ether oxygens (including phenoxy) is 3. The third kappa shape index (κ3) is 5.28. The van der Waals surface area contributed by atoms with Crippen molar-refractivity contribution in [1.29, 1.82) is 0 Å². The average Bonchev–Trinajstić information content (AvgIpc) is 3.32. The van der Waals surface area contributed by atoms with Crippen molar-refractivity contribution in [2.45, 2.75) is 45.6 Å². The highest BCUT2D eigenvalue weighted by molar-refractivity contribution is 6.05. The Morgan fingerprint density at radius 1 is 1.00 bits per heavy atom. The molecule has 2 bridgehead atoms. The minimum Gasteiger partial charge on any atom is -0.444 e. The number of nitrogens with one attached hydrogen (secondary N) is 1. The fraction of sp³-hybridized carbons (Fsp3) is 0.800. The second-order valence-corrected chi connectivity index (χ2v) is 8.91. The summed E-state index contributed by atoms with van der Waals surface area (Å²) in [6.45, 7) is 5.80. The van der Waals surface area contributed by atoms with Gasteiger partial charge in [0.1, 0.15) is 12.2 Å². The monoisotopic (exact) mass is 426 g/mol. The maximum absolute atomic E-state index is 12.5. The highest BCUT2D eigenvalue weighted by Gasteiger charge is 2.62. The molecular weight excluding hydrogens is 396 g/mol. The predicted molar refractivity (Wildman–Crippen MR) is 102 cm³/mol. The molecule has 3 aliphatic rings. The largest absolute Gasteiger partial charge is 0.444 e. The van der Waals surface area contributed by atoms with Gasteiger partial charge in [0.25, 0.3) is 11.8 Å². The predicted octanol–water partition coefficient (Wildman–Crippen LogP) is 1.03. The van der Waals surface area contributed by atoms with Crippen molar-refractivity contribution in [3.63, 3.8) is 0 Å². The van der Waals surface area contributed by atoms with Crippen LogP contribution in [0.4, 0.5) is 4.79 Å². The fourth-order valence-electron chi connectivity index (χ4n) is 4.51. The number of hydrogen-bond donors (Lipinski definition) is 1. The molecule has 1 heterocycles. The molecule has 1 saturated heterocycles. The number of hydrogen-bond acceptors (Lipinski definition) is 8. The minimum atomic E-state index is -0.796. The normalized spacial score (nSPS) is 27.4. The molecule has 0 radical (unpaired) electrons. The molecular formula is C20H30N2O8. The van der Waals surface area contributed by atoms with Crippen molar-refractivity contribution >= 4 is 23.9 Å². The molecule has 10 nitrogen and oxygen atoms in total. The topological polar surface area (TPSA) is 120 Å². The Hall–Kier alpha value is -2.20. The van der Waals surface area contributed by atoms with E-state index in [1.54, 1.807) is 20.8 Å². The number of carbonyl (C=O) groups is 4. The average molecular weight is 426 g/mol. The third-order valence-corrected chi connectivity index (χ3v) is 5.59. The molecule has 0 aromatic heterocycles. The van der Waals surface area contributed by atoms with Gasteiger partial charge in [-0.3, -0.25) is 9.59 Å². The van der Waals surface area contributed by atoms with Gasteiger partial charge < -0.3 is 24.4 Å². The van der Waals surface area contributed by atoms with Gasteiger partial charge in [0.15, 0.2) is 0 Å². The van der Waals surface area contributed by atoms with Gasteiger partial charge in [-0.15, -0.1) is 5.06 Å². The van der Waals surface area contributed by atoms with Crippen molar-refractivity contribution < 1.29 is 38.2 Å². The van der Waals surface area contributed by atoms with E-state index >= 15 is 0 Å². The lowest BCUT2D eigenvalue weighted by Gasteiger charge is -2.19. The van der Waals surface area contributed by atoms with Gasteiger partial charge in [-0.1, -0.05) is 0 Å². The van der Waals surface area contributed by atoms with E-state index in [1.165, 1.54) is 0 Å². The molecule has 3 fully saturated rings. The summed E-state index contributed by atoms with van der Waals surface area (Å²) in [5.74, 6) is -1.77. The number of nitrogens with zero attached hydrogens (tertiary/aromatic N) is 1. The van der Waals surface area contributed by atoms with Crippen LogP contribution in [0.1, 0.15) is 40.0 Å². The van der Waals surface area contributed by atoms with Crippen LogP contribution in [-0.4, -0.2) is 67.5 Å².